The Hall–Kier alpha value is -0.170. The van der Waals surface area contributed by atoms with Gasteiger partial charge in [-0.05, 0) is 18.8 Å². The Morgan fingerprint density at radius 2 is 2.19 bits per heavy atom. The topological polar surface area (TPSA) is 81.4 Å². The van der Waals surface area contributed by atoms with Gasteiger partial charge in [0.2, 0.25) is 10.0 Å². The van der Waals surface area contributed by atoms with Crippen molar-refractivity contribution in [3.8, 4) is 0 Å². The first-order chi connectivity index (χ1) is 7.41. The van der Waals surface area contributed by atoms with Crippen LogP contribution in [-0.4, -0.2) is 39.5 Å². The van der Waals surface area contributed by atoms with E-state index in [-0.39, 0.29) is 23.8 Å². The third-order valence-corrected chi connectivity index (χ3v) is 4.24. The highest BCUT2D eigenvalue weighted by atomic mass is 32.2. The van der Waals surface area contributed by atoms with E-state index in [1.54, 1.807) is 0 Å². The highest BCUT2D eigenvalue weighted by molar-refractivity contribution is 7.89. The fourth-order valence-corrected chi connectivity index (χ4v) is 2.85. The van der Waals surface area contributed by atoms with Crippen molar-refractivity contribution < 1.29 is 13.2 Å². The maximum Gasteiger partial charge on any atom is 0.214 e. The first-order valence-corrected chi connectivity index (χ1v) is 7.40. The van der Waals surface area contributed by atoms with Crippen LogP contribution in [0.2, 0.25) is 0 Å². The third kappa shape index (κ3) is 4.78. The zero-order valence-electron chi connectivity index (χ0n) is 9.98. The van der Waals surface area contributed by atoms with Crippen LogP contribution in [0.5, 0.6) is 0 Å². The highest BCUT2D eigenvalue weighted by Crippen LogP contribution is 2.13. The normalized spacial score (nSPS) is 23.9. The standard InChI is InChI=1S/C10H22N2O3S/c1-8(2)10(11)6-12-16(13,14)7-9-4-3-5-15-9/h8-10,12H,3-7,11H2,1-2H3. The van der Waals surface area contributed by atoms with Crippen molar-refractivity contribution in [1.29, 1.82) is 0 Å². The molecule has 2 unspecified atom stereocenters. The van der Waals surface area contributed by atoms with E-state index in [9.17, 15) is 8.42 Å². The lowest BCUT2D eigenvalue weighted by Gasteiger charge is -2.17. The summed E-state index contributed by atoms with van der Waals surface area (Å²) in [5, 5.41) is 0. The Balaban J connectivity index is 2.33. The van der Waals surface area contributed by atoms with E-state index in [1.165, 1.54) is 0 Å². The van der Waals surface area contributed by atoms with Gasteiger partial charge in [0.15, 0.2) is 0 Å². The van der Waals surface area contributed by atoms with Gasteiger partial charge in [-0.3, -0.25) is 0 Å². The molecule has 1 heterocycles. The minimum Gasteiger partial charge on any atom is -0.377 e. The van der Waals surface area contributed by atoms with Crippen LogP contribution in [0.3, 0.4) is 0 Å². The summed E-state index contributed by atoms with van der Waals surface area (Å²) in [5.41, 5.74) is 5.77. The molecule has 0 aromatic rings. The number of sulfonamides is 1. The van der Waals surface area contributed by atoms with Crippen LogP contribution < -0.4 is 10.5 Å². The van der Waals surface area contributed by atoms with E-state index in [4.69, 9.17) is 10.5 Å². The molecule has 0 aliphatic carbocycles. The predicted octanol–water partition coefficient (Wildman–Crippen LogP) is 0.0681. The first-order valence-electron chi connectivity index (χ1n) is 5.75. The van der Waals surface area contributed by atoms with Crippen molar-refractivity contribution in [3.05, 3.63) is 0 Å². The molecule has 0 aromatic carbocycles. The SMILES string of the molecule is CC(C)C(N)CNS(=O)(=O)CC1CCCO1. The van der Waals surface area contributed by atoms with E-state index in [0.29, 0.717) is 13.2 Å². The second kappa shape index (κ2) is 5.95. The fraction of sp³-hybridized carbons (Fsp3) is 1.00. The van der Waals surface area contributed by atoms with Gasteiger partial charge in [-0.1, -0.05) is 13.8 Å². The molecular weight excluding hydrogens is 228 g/mol. The summed E-state index contributed by atoms with van der Waals surface area (Å²) in [4.78, 5) is 0. The molecule has 3 N–H and O–H groups in total. The van der Waals surface area contributed by atoms with Crippen LogP contribution in [-0.2, 0) is 14.8 Å². The van der Waals surface area contributed by atoms with Crippen molar-refractivity contribution in [2.24, 2.45) is 11.7 Å². The molecule has 1 aliphatic heterocycles. The lowest BCUT2D eigenvalue weighted by molar-refractivity contribution is 0.127. The third-order valence-electron chi connectivity index (χ3n) is 2.82. The molecule has 0 bridgehead atoms. The summed E-state index contributed by atoms with van der Waals surface area (Å²) >= 11 is 0. The maximum atomic E-state index is 11.7. The molecule has 0 radical (unpaired) electrons. The van der Waals surface area contributed by atoms with Gasteiger partial charge >= 0.3 is 0 Å². The Kier molecular flexibility index (Phi) is 5.17. The van der Waals surface area contributed by atoms with Crippen molar-refractivity contribution in [2.75, 3.05) is 18.9 Å². The van der Waals surface area contributed by atoms with E-state index >= 15 is 0 Å². The van der Waals surface area contributed by atoms with E-state index in [1.807, 2.05) is 13.8 Å². The molecule has 1 fully saturated rings. The Bertz CT molecular complexity index is 297. The summed E-state index contributed by atoms with van der Waals surface area (Å²) in [6.45, 7) is 4.91. The van der Waals surface area contributed by atoms with Gasteiger partial charge in [0, 0.05) is 19.2 Å². The molecule has 16 heavy (non-hydrogen) atoms. The number of nitrogens with one attached hydrogen (secondary N) is 1. The summed E-state index contributed by atoms with van der Waals surface area (Å²) in [6, 6.07) is -0.140. The molecule has 5 nitrogen and oxygen atoms in total. The molecule has 0 spiro atoms. The van der Waals surface area contributed by atoms with Crippen LogP contribution in [0.15, 0.2) is 0 Å². The largest absolute Gasteiger partial charge is 0.377 e. The molecular formula is C10H22N2O3S. The predicted molar refractivity (Wildman–Crippen MR) is 63.6 cm³/mol. The molecule has 1 rings (SSSR count). The van der Waals surface area contributed by atoms with Crippen molar-refractivity contribution in [3.63, 3.8) is 0 Å². The number of nitrogens with two attached hydrogens (primary N) is 1. The summed E-state index contributed by atoms with van der Waals surface area (Å²) in [6.07, 6.45) is 1.64. The molecule has 96 valence electrons. The highest BCUT2D eigenvalue weighted by Gasteiger charge is 2.23. The lowest BCUT2D eigenvalue weighted by atomic mass is 10.1. The molecule has 2 atom stereocenters. The van der Waals surface area contributed by atoms with Gasteiger partial charge in [0.05, 0.1) is 11.9 Å². The second-order valence-corrected chi connectivity index (χ2v) is 6.52. The average Bonchev–Trinajstić information content (AvgIpc) is 2.65. The van der Waals surface area contributed by atoms with Gasteiger partial charge in [-0.15, -0.1) is 0 Å². The zero-order chi connectivity index (χ0) is 12.2. The van der Waals surface area contributed by atoms with Gasteiger partial charge in [0.25, 0.3) is 0 Å². The van der Waals surface area contributed by atoms with E-state index in [2.05, 4.69) is 4.72 Å². The molecule has 1 aliphatic rings. The van der Waals surface area contributed by atoms with Crippen LogP contribution >= 0.6 is 0 Å². The lowest BCUT2D eigenvalue weighted by Crippen LogP contribution is -2.42. The van der Waals surface area contributed by atoms with Gasteiger partial charge in [0.1, 0.15) is 0 Å². The molecule has 0 saturated carbocycles. The summed E-state index contributed by atoms with van der Waals surface area (Å²) in [7, 11) is -3.25. The van der Waals surface area contributed by atoms with Gasteiger partial charge in [-0.2, -0.15) is 0 Å². The number of hydrogen-bond acceptors (Lipinski definition) is 4. The Morgan fingerprint density at radius 3 is 2.69 bits per heavy atom. The summed E-state index contributed by atoms with van der Waals surface area (Å²) < 4.78 is 31.2. The quantitative estimate of drug-likeness (QED) is 0.699. The number of hydrogen-bond donors (Lipinski definition) is 2. The minimum absolute atomic E-state index is 0.0534. The average molecular weight is 250 g/mol. The van der Waals surface area contributed by atoms with Crippen molar-refractivity contribution in [1.82, 2.24) is 4.72 Å². The fourth-order valence-electron chi connectivity index (χ4n) is 1.54. The smallest absolute Gasteiger partial charge is 0.214 e. The van der Waals surface area contributed by atoms with Crippen molar-refractivity contribution >= 4 is 10.0 Å². The first kappa shape index (κ1) is 13.9. The Labute approximate surface area is 97.8 Å². The molecule has 6 heteroatoms. The van der Waals surface area contributed by atoms with E-state index in [0.717, 1.165) is 12.8 Å². The second-order valence-electron chi connectivity index (χ2n) is 4.67. The van der Waals surface area contributed by atoms with Crippen LogP contribution in [0.4, 0.5) is 0 Å². The van der Waals surface area contributed by atoms with Crippen LogP contribution in [0, 0.1) is 5.92 Å². The summed E-state index contributed by atoms with van der Waals surface area (Å²) in [5.74, 6) is 0.322. The van der Waals surface area contributed by atoms with E-state index < -0.39 is 10.0 Å². The molecule has 0 amide bonds. The number of ether oxygens (including phenoxy) is 1. The Morgan fingerprint density at radius 1 is 1.50 bits per heavy atom. The van der Waals surface area contributed by atoms with Crippen LogP contribution in [0.1, 0.15) is 26.7 Å². The van der Waals surface area contributed by atoms with Gasteiger partial charge in [-0.25, -0.2) is 13.1 Å². The van der Waals surface area contributed by atoms with Crippen LogP contribution in [0.25, 0.3) is 0 Å². The monoisotopic (exact) mass is 250 g/mol. The van der Waals surface area contributed by atoms with Crippen molar-refractivity contribution in [2.45, 2.75) is 38.8 Å². The number of rotatable bonds is 6. The molecule has 1 saturated heterocycles. The maximum absolute atomic E-state index is 11.7. The molecule has 0 aromatic heterocycles. The van der Waals surface area contributed by atoms with Gasteiger partial charge < -0.3 is 10.5 Å². The zero-order valence-corrected chi connectivity index (χ0v) is 10.8. The minimum atomic E-state index is -3.25.